The summed E-state index contributed by atoms with van der Waals surface area (Å²) in [5, 5.41) is 4.75. The van der Waals surface area contributed by atoms with Gasteiger partial charge in [0.2, 0.25) is 0 Å². The average molecular weight is 560 g/mol. The lowest BCUT2D eigenvalue weighted by Gasteiger charge is -2.37. The first-order valence-electron chi connectivity index (χ1n) is 13.8. The van der Waals surface area contributed by atoms with Crippen LogP contribution in [0.3, 0.4) is 0 Å². The summed E-state index contributed by atoms with van der Waals surface area (Å²) >= 11 is 6.43. The molecule has 5 rings (SSSR count). The Balaban J connectivity index is 1.35. The average Bonchev–Trinajstić information content (AvgIpc) is 3.31. The Morgan fingerprint density at radius 3 is 2.36 bits per heavy atom. The predicted molar refractivity (Wildman–Crippen MR) is 153 cm³/mol. The highest BCUT2D eigenvalue weighted by atomic mass is 35.5. The van der Waals surface area contributed by atoms with E-state index in [1.807, 2.05) is 18.2 Å². The highest BCUT2D eigenvalue weighted by molar-refractivity contribution is 6.31. The number of halogens is 4. The van der Waals surface area contributed by atoms with Crippen molar-refractivity contribution in [3.63, 3.8) is 0 Å². The van der Waals surface area contributed by atoms with E-state index >= 15 is 0 Å². The third-order valence-electron chi connectivity index (χ3n) is 7.83. The first kappa shape index (κ1) is 27.8. The summed E-state index contributed by atoms with van der Waals surface area (Å²) in [6.07, 6.45) is -1.70. The molecule has 39 heavy (non-hydrogen) atoms. The molecule has 0 saturated carbocycles. The van der Waals surface area contributed by atoms with Gasteiger partial charge in [0, 0.05) is 67.8 Å². The fourth-order valence-electron chi connectivity index (χ4n) is 6.02. The lowest BCUT2D eigenvalue weighted by Crippen LogP contribution is -2.47. The lowest BCUT2D eigenvalue weighted by atomic mass is 9.99. The van der Waals surface area contributed by atoms with E-state index in [9.17, 15) is 13.2 Å². The summed E-state index contributed by atoms with van der Waals surface area (Å²) < 4.78 is 42.6. The Labute approximate surface area is 234 Å². The van der Waals surface area contributed by atoms with Crippen LogP contribution in [0.4, 0.5) is 24.5 Å². The molecule has 1 atom stereocenters. The van der Waals surface area contributed by atoms with Gasteiger partial charge in [-0.1, -0.05) is 43.6 Å². The van der Waals surface area contributed by atoms with E-state index in [1.54, 1.807) is 0 Å². The number of rotatable bonds is 6. The number of piperazine rings is 1. The zero-order valence-electron chi connectivity index (χ0n) is 22.9. The van der Waals surface area contributed by atoms with E-state index < -0.39 is 11.9 Å². The molecular formula is C30H37ClF3N5. The van der Waals surface area contributed by atoms with Gasteiger partial charge < -0.3 is 9.80 Å². The predicted octanol–water partition coefficient (Wildman–Crippen LogP) is 7.15. The number of aromatic nitrogens is 2. The molecule has 3 aromatic rings. The molecule has 9 heteroatoms. The molecule has 0 radical (unpaired) electrons. The number of hydrogen-bond acceptors (Lipinski definition) is 4. The van der Waals surface area contributed by atoms with Crippen LogP contribution in [-0.4, -0.2) is 60.5 Å². The highest BCUT2D eigenvalue weighted by Gasteiger charge is 2.39. The number of piperidine rings is 1. The monoisotopic (exact) mass is 559 g/mol. The van der Waals surface area contributed by atoms with Crippen molar-refractivity contribution < 1.29 is 13.2 Å². The van der Waals surface area contributed by atoms with Crippen molar-refractivity contribution in [1.29, 1.82) is 0 Å². The number of aryl methyl sites for hydroxylation is 1. The second kappa shape index (κ2) is 11.4. The molecule has 2 aliphatic heterocycles. The zero-order chi connectivity index (χ0) is 27.7. The molecule has 0 amide bonds. The van der Waals surface area contributed by atoms with Crippen LogP contribution in [0, 0.1) is 12.8 Å². The van der Waals surface area contributed by atoms with Gasteiger partial charge >= 0.3 is 6.18 Å². The second-order valence-electron chi connectivity index (χ2n) is 11.3. The zero-order valence-corrected chi connectivity index (χ0v) is 23.6. The molecule has 3 heterocycles. The molecule has 5 nitrogen and oxygen atoms in total. The molecule has 1 aromatic heterocycles. The third kappa shape index (κ3) is 6.22. The topological polar surface area (TPSA) is 27.5 Å². The maximum Gasteiger partial charge on any atom is 0.433 e. The van der Waals surface area contributed by atoms with Gasteiger partial charge in [-0.25, -0.2) is 0 Å². The number of alkyl halides is 3. The quantitative estimate of drug-likeness (QED) is 0.320. The summed E-state index contributed by atoms with van der Waals surface area (Å²) in [7, 11) is 0. The summed E-state index contributed by atoms with van der Waals surface area (Å²) in [6.45, 7) is 12.5. The van der Waals surface area contributed by atoms with Gasteiger partial charge in [0.25, 0.3) is 0 Å². The summed E-state index contributed by atoms with van der Waals surface area (Å²) in [4.78, 5) is 7.13. The van der Waals surface area contributed by atoms with Crippen molar-refractivity contribution in [2.75, 3.05) is 55.6 Å². The van der Waals surface area contributed by atoms with Crippen LogP contribution in [0.2, 0.25) is 5.02 Å². The first-order valence-corrected chi connectivity index (χ1v) is 14.2. The van der Waals surface area contributed by atoms with Gasteiger partial charge in [-0.15, -0.1) is 0 Å². The molecule has 2 fully saturated rings. The van der Waals surface area contributed by atoms with Crippen LogP contribution in [0.1, 0.15) is 44.0 Å². The fourth-order valence-corrected chi connectivity index (χ4v) is 6.19. The third-order valence-corrected chi connectivity index (χ3v) is 8.06. The van der Waals surface area contributed by atoms with Crippen molar-refractivity contribution in [1.82, 2.24) is 14.7 Å². The van der Waals surface area contributed by atoms with Crippen LogP contribution in [0.15, 0.2) is 48.7 Å². The summed E-state index contributed by atoms with van der Waals surface area (Å²) in [5.74, 6) is 0.676. The van der Waals surface area contributed by atoms with Crippen LogP contribution < -0.4 is 9.80 Å². The molecule has 0 N–H and O–H groups in total. The molecule has 2 aromatic carbocycles. The first-order chi connectivity index (χ1) is 18.6. The van der Waals surface area contributed by atoms with Crippen LogP contribution in [0.5, 0.6) is 0 Å². The van der Waals surface area contributed by atoms with Crippen molar-refractivity contribution in [3.05, 3.63) is 64.9 Å². The molecular weight excluding hydrogens is 523 g/mol. The van der Waals surface area contributed by atoms with Crippen molar-refractivity contribution in [2.24, 2.45) is 5.92 Å². The van der Waals surface area contributed by atoms with E-state index in [0.29, 0.717) is 23.9 Å². The van der Waals surface area contributed by atoms with Gasteiger partial charge in [0.15, 0.2) is 0 Å². The van der Waals surface area contributed by atoms with Crippen LogP contribution in [0.25, 0.3) is 11.1 Å². The number of anilines is 2. The van der Waals surface area contributed by atoms with Gasteiger partial charge in [-0.3, -0.25) is 9.58 Å². The van der Waals surface area contributed by atoms with Crippen molar-refractivity contribution >= 4 is 23.0 Å². The minimum atomic E-state index is -4.44. The smallest absolute Gasteiger partial charge is 0.369 e. The van der Waals surface area contributed by atoms with Crippen molar-refractivity contribution in [3.8, 4) is 11.1 Å². The normalized spacial score (nSPS) is 19.2. The van der Waals surface area contributed by atoms with Gasteiger partial charge in [0.1, 0.15) is 5.69 Å². The van der Waals surface area contributed by atoms with Gasteiger partial charge in [-0.05, 0) is 61.1 Å². The Morgan fingerprint density at radius 1 is 0.974 bits per heavy atom. The standard InChI is InChI=1S/C30H37ClF3N5/c1-21(2)19-36-13-15-37(16-14-36)25-9-6-23(7-10-25)27-11-8-24(31)17-28(27)38-12-4-5-26(20-38)39-29(30(32,33)34)22(3)18-35-39/h6-11,17-18,21,26H,4-5,12-16,19-20H2,1-3H3. The molecule has 2 aliphatic rings. The maximum atomic E-state index is 13.8. The minimum Gasteiger partial charge on any atom is -0.369 e. The maximum absolute atomic E-state index is 13.8. The van der Waals surface area contributed by atoms with Crippen molar-refractivity contribution in [2.45, 2.75) is 45.8 Å². The number of hydrogen-bond donors (Lipinski definition) is 0. The SMILES string of the molecule is Cc1cnn(C2CCCN(c3cc(Cl)ccc3-c3ccc(N4CCN(CC(C)C)CC4)cc3)C2)c1C(F)(F)F. The molecule has 1 unspecified atom stereocenters. The molecule has 210 valence electrons. The lowest BCUT2D eigenvalue weighted by molar-refractivity contribution is -0.145. The van der Waals surface area contributed by atoms with Gasteiger partial charge in [0.05, 0.1) is 12.2 Å². The highest BCUT2D eigenvalue weighted by Crippen LogP contribution is 2.39. The van der Waals surface area contributed by atoms with E-state index in [2.05, 4.69) is 57.9 Å². The van der Waals surface area contributed by atoms with Crippen LogP contribution in [-0.2, 0) is 6.18 Å². The largest absolute Gasteiger partial charge is 0.433 e. The minimum absolute atomic E-state index is 0.157. The number of benzene rings is 2. The fraction of sp³-hybridized carbons (Fsp3) is 0.500. The molecule has 0 aliphatic carbocycles. The molecule has 0 spiro atoms. The molecule has 0 bridgehead atoms. The molecule has 2 saturated heterocycles. The Morgan fingerprint density at radius 2 is 1.69 bits per heavy atom. The van der Waals surface area contributed by atoms with E-state index in [0.717, 1.165) is 62.5 Å². The van der Waals surface area contributed by atoms with E-state index in [4.69, 9.17) is 11.6 Å². The van der Waals surface area contributed by atoms with Crippen LogP contribution >= 0.6 is 11.6 Å². The van der Waals surface area contributed by atoms with E-state index in [-0.39, 0.29) is 11.6 Å². The van der Waals surface area contributed by atoms with E-state index in [1.165, 1.54) is 23.5 Å². The second-order valence-corrected chi connectivity index (χ2v) is 11.7. The Kier molecular flexibility index (Phi) is 8.15. The van der Waals surface area contributed by atoms with Gasteiger partial charge in [-0.2, -0.15) is 18.3 Å². The summed E-state index contributed by atoms with van der Waals surface area (Å²) in [5.41, 5.74) is 3.76. The number of nitrogens with zero attached hydrogens (tertiary/aromatic N) is 5. The Bertz CT molecular complexity index is 1260. The Hall–Kier alpha value is -2.71. The summed E-state index contributed by atoms with van der Waals surface area (Å²) in [6, 6.07) is 14.1.